The Morgan fingerprint density at radius 3 is 2.72 bits per heavy atom. The van der Waals surface area contributed by atoms with E-state index in [1.165, 1.54) is 0 Å². The average molecular weight is 277 g/mol. The molecule has 18 heavy (non-hydrogen) atoms. The van der Waals surface area contributed by atoms with Crippen molar-refractivity contribution < 1.29 is 9.53 Å². The SMILES string of the molecule is CC(NC(=O)C1CCCC(N)C1)C1CCCO1.Cl. The monoisotopic (exact) mass is 276 g/mol. The molecule has 0 aromatic carbocycles. The van der Waals surface area contributed by atoms with Crippen LogP contribution in [0.1, 0.15) is 45.4 Å². The second kappa shape index (κ2) is 7.31. The number of nitrogens with one attached hydrogen (secondary N) is 1. The number of ether oxygens (including phenoxy) is 1. The van der Waals surface area contributed by atoms with E-state index in [1.54, 1.807) is 0 Å². The van der Waals surface area contributed by atoms with Crippen molar-refractivity contribution in [2.75, 3.05) is 6.61 Å². The molecule has 1 aliphatic carbocycles. The summed E-state index contributed by atoms with van der Waals surface area (Å²) < 4.78 is 5.58. The molecule has 1 amide bonds. The molecule has 2 aliphatic rings. The van der Waals surface area contributed by atoms with E-state index in [1.807, 2.05) is 6.92 Å². The predicted octanol–water partition coefficient (Wildman–Crippen LogP) is 1.61. The van der Waals surface area contributed by atoms with Gasteiger partial charge in [0.2, 0.25) is 5.91 Å². The topological polar surface area (TPSA) is 64.4 Å². The minimum Gasteiger partial charge on any atom is -0.376 e. The molecule has 0 aromatic heterocycles. The quantitative estimate of drug-likeness (QED) is 0.823. The molecule has 2 fully saturated rings. The maximum atomic E-state index is 12.1. The maximum absolute atomic E-state index is 12.1. The Labute approximate surface area is 115 Å². The number of amides is 1. The summed E-state index contributed by atoms with van der Waals surface area (Å²) in [6, 6.07) is 0.334. The summed E-state index contributed by atoms with van der Waals surface area (Å²) in [6.07, 6.45) is 6.34. The van der Waals surface area contributed by atoms with E-state index in [4.69, 9.17) is 10.5 Å². The van der Waals surface area contributed by atoms with Crippen molar-refractivity contribution in [2.45, 2.75) is 63.6 Å². The second-order valence-corrected chi connectivity index (χ2v) is 5.47. The number of halogens is 1. The molecule has 5 heteroatoms. The number of hydrogen-bond acceptors (Lipinski definition) is 3. The Bertz CT molecular complexity index is 270. The van der Waals surface area contributed by atoms with Crippen LogP contribution in [0.25, 0.3) is 0 Å². The second-order valence-electron chi connectivity index (χ2n) is 5.47. The van der Waals surface area contributed by atoms with Gasteiger partial charge in [0.25, 0.3) is 0 Å². The van der Waals surface area contributed by atoms with Gasteiger partial charge in [-0.15, -0.1) is 12.4 Å². The highest BCUT2D eigenvalue weighted by atomic mass is 35.5. The van der Waals surface area contributed by atoms with Crippen LogP contribution in [0, 0.1) is 5.92 Å². The van der Waals surface area contributed by atoms with Gasteiger partial charge in [0.05, 0.1) is 12.1 Å². The van der Waals surface area contributed by atoms with E-state index < -0.39 is 0 Å². The normalized spacial score (nSPS) is 33.6. The third-order valence-corrected chi connectivity index (χ3v) is 3.98. The molecule has 0 bridgehead atoms. The van der Waals surface area contributed by atoms with Crippen molar-refractivity contribution in [1.82, 2.24) is 5.32 Å². The molecule has 1 heterocycles. The van der Waals surface area contributed by atoms with E-state index in [9.17, 15) is 4.79 Å². The molecular formula is C13H25ClN2O2. The van der Waals surface area contributed by atoms with E-state index in [0.29, 0.717) is 0 Å². The standard InChI is InChI=1S/C13H24N2O2.ClH/c1-9(12-6-3-7-17-12)15-13(16)10-4-2-5-11(14)8-10;/h9-12H,2-8,14H2,1H3,(H,15,16);1H. The summed E-state index contributed by atoms with van der Waals surface area (Å²) in [4.78, 5) is 12.1. The molecule has 1 saturated heterocycles. The Hall–Kier alpha value is -0.320. The minimum absolute atomic E-state index is 0. The Morgan fingerprint density at radius 2 is 2.11 bits per heavy atom. The van der Waals surface area contributed by atoms with Gasteiger partial charge in [-0.1, -0.05) is 6.42 Å². The zero-order valence-corrected chi connectivity index (χ0v) is 11.9. The van der Waals surface area contributed by atoms with Crippen molar-refractivity contribution in [1.29, 1.82) is 0 Å². The van der Waals surface area contributed by atoms with Gasteiger partial charge in [0, 0.05) is 18.6 Å². The van der Waals surface area contributed by atoms with Gasteiger partial charge in [0.1, 0.15) is 0 Å². The van der Waals surface area contributed by atoms with Crippen LogP contribution in [0.15, 0.2) is 0 Å². The lowest BCUT2D eigenvalue weighted by Crippen LogP contribution is -2.45. The van der Waals surface area contributed by atoms with Crippen LogP contribution in [0.3, 0.4) is 0 Å². The van der Waals surface area contributed by atoms with Gasteiger partial charge < -0.3 is 15.8 Å². The zero-order chi connectivity index (χ0) is 12.3. The summed E-state index contributed by atoms with van der Waals surface area (Å²) in [5.74, 6) is 0.283. The van der Waals surface area contributed by atoms with Crippen LogP contribution in [0.2, 0.25) is 0 Å². The predicted molar refractivity (Wildman–Crippen MR) is 73.8 cm³/mol. The molecule has 0 radical (unpaired) electrons. The van der Waals surface area contributed by atoms with E-state index in [2.05, 4.69) is 5.32 Å². The van der Waals surface area contributed by atoms with Crippen LogP contribution < -0.4 is 11.1 Å². The Morgan fingerprint density at radius 1 is 1.33 bits per heavy atom. The van der Waals surface area contributed by atoms with Crippen molar-refractivity contribution in [3.63, 3.8) is 0 Å². The van der Waals surface area contributed by atoms with Gasteiger partial charge in [-0.3, -0.25) is 4.79 Å². The summed E-state index contributed by atoms with van der Waals surface area (Å²) in [5.41, 5.74) is 5.91. The van der Waals surface area contributed by atoms with Crippen LogP contribution >= 0.6 is 12.4 Å². The lowest BCUT2D eigenvalue weighted by atomic mass is 9.85. The third-order valence-electron chi connectivity index (χ3n) is 3.98. The van der Waals surface area contributed by atoms with Crippen molar-refractivity contribution in [3.05, 3.63) is 0 Å². The molecule has 4 nitrogen and oxygen atoms in total. The minimum atomic E-state index is 0. The number of nitrogens with two attached hydrogens (primary N) is 1. The molecule has 1 aliphatic heterocycles. The van der Waals surface area contributed by atoms with Crippen molar-refractivity contribution >= 4 is 18.3 Å². The van der Waals surface area contributed by atoms with E-state index >= 15 is 0 Å². The lowest BCUT2D eigenvalue weighted by Gasteiger charge is -2.28. The average Bonchev–Trinajstić information content (AvgIpc) is 2.82. The summed E-state index contributed by atoms with van der Waals surface area (Å²) >= 11 is 0. The molecular weight excluding hydrogens is 252 g/mol. The molecule has 106 valence electrons. The Kier molecular flexibility index (Phi) is 6.39. The van der Waals surface area contributed by atoms with Crippen LogP contribution in [0.4, 0.5) is 0 Å². The molecule has 0 spiro atoms. The maximum Gasteiger partial charge on any atom is 0.223 e. The lowest BCUT2D eigenvalue weighted by molar-refractivity contribution is -0.127. The molecule has 1 saturated carbocycles. The Balaban J connectivity index is 0.00000162. The molecule has 4 unspecified atom stereocenters. The first-order valence-corrected chi connectivity index (χ1v) is 6.84. The third kappa shape index (κ3) is 4.11. The fourth-order valence-corrected chi connectivity index (χ4v) is 2.90. The molecule has 4 atom stereocenters. The summed E-state index contributed by atoms with van der Waals surface area (Å²) in [5, 5.41) is 3.09. The van der Waals surface area contributed by atoms with Gasteiger partial charge in [-0.05, 0) is 39.0 Å². The number of rotatable bonds is 3. The summed E-state index contributed by atoms with van der Waals surface area (Å²) in [6.45, 7) is 2.87. The first-order valence-electron chi connectivity index (χ1n) is 6.84. The van der Waals surface area contributed by atoms with Crippen LogP contribution in [-0.2, 0) is 9.53 Å². The fraction of sp³-hybridized carbons (Fsp3) is 0.923. The fourth-order valence-electron chi connectivity index (χ4n) is 2.90. The van der Waals surface area contributed by atoms with Crippen LogP contribution in [-0.4, -0.2) is 30.7 Å². The number of hydrogen-bond donors (Lipinski definition) is 2. The largest absolute Gasteiger partial charge is 0.376 e. The van der Waals surface area contributed by atoms with Crippen molar-refractivity contribution in [3.8, 4) is 0 Å². The van der Waals surface area contributed by atoms with Gasteiger partial charge in [-0.2, -0.15) is 0 Å². The highest BCUT2D eigenvalue weighted by Gasteiger charge is 2.29. The molecule has 2 rings (SSSR count). The highest BCUT2D eigenvalue weighted by Crippen LogP contribution is 2.24. The van der Waals surface area contributed by atoms with E-state index in [0.717, 1.165) is 45.1 Å². The first-order chi connectivity index (χ1) is 8.16. The van der Waals surface area contributed by atoms with Crippen molar-refractivity contribution in [2.24, 2.45) is 11.7 Å². The number of carbonyl (C=O) groups excluding carboxylic acids is 1. The van der Waals surface area contributed by atoms with Gasteiger partial charge in [0.15, 0.2) is 0 Å². The molecule has 3 N–H and O–H groups in total. The zero-order valence-electron chi connectivity index (χ0n) is 11.1. The smallest absolute Gasteiger partial charge is 0.223 e. The number of carbonyl (C=O) groups is 1. The van der Waals surface area contributed by atoms with Gasteiger partial charge in [-0.25, -0.2) is 0 Å². The molecule has 0 aromatic rings. The van der Waals surface area contributed by atoms with Gasteiger partial charge >= 0.3 is 0 Å². The summed E-state index contributed by atoms with van der Waals surface area (Å²) in [7, 11) is 0. The van der Waals surface area contributed by atoms with Crippen LogP contribution in [0.5, 0.6) is 0 Å². The van der Waals surface area contributed by atoms with E-state index in [-0.39, 0.29) is 42.4 Å². The first kappa shape index (κ1) is 15.7. The highest BCUT2D eigenvalue weighted by molar-refractivity contribution is 5.85.